The second-order valence-corrected chi connectivity index (χ2v) is 5.66. The summed E-state index contributed by atoms with van der Waals surface area (Å²) in [6.45, 7) is 0.946. The second kappa shape index (κ2) is 9.52. The number of likely N-dealkylation sites (N-methyl/N-ethyl adjacent to an activating group) is 1. The predicted molar refractivity (Wildman–Crippen MR) is 87.1 cm³/mol. The number of hydrogen-bond acceptors (Lipinski definition) is 5. The van der Waals surface area contributed by atoms with Gasteiger partial charge in [-0.05, 0) is 42.7 Å². The van der Waals surface area contributed by atoms with Crippen LogP contribution in [0.4, 0.5) is 0 Å². The first-order valence-electron chi connectivity index (χ1n) is 6.84. The van der Waals surface area contributed by atoms with Gasteiger partial charge in [-0.1, -0.05) is 0 Å². The van der Waals surface area contributed by atoms with Gasteiger partial charge in [0.1, 0.15) is 18.1 Å². The van der Waals surface area contributed by atoms with E-state index in [0.29, 0.717) is 19.6 Å². The van der Waals surface area contributed by atoms with Gasteiger partial charge in [0.15, 0.2) is 0 Å². The van der Waals surface area contributed by atoms with Gasteiger partial charge >= 0.3 is 0 Å². The third-order valence-corrected chi connectivity index (χ3v) is 3.73. The Morgan fingerprint density at radius 1 is 1.33 bits per heavy atom. The summed E-state index contributed by atoms with van der Waals surface area (Å²) in [5.41, 5.74) is 5.86. The number of ether oxygens (including phenoxy) is 2. The first-order chi connectivity index (χ1) is 10.1. The molecule has 0 fully saturated rings. The van der Waals surface area contributed by atoms with E-state index in [1.54, 1.807) is 30.8 Å². The van der Waals surface area contributed by atoms with E-state index in [1.807, 2.05) is 30.5 Å². The van der Waals surface area contributed by atoms with E-state index in [1.165, 1.54) is 0 Å². The minimum Gasteiger partial charge on any atom is -0.497 e. The SMILES string of the molecule is COc1ccc(OCCN(C)C(=O)[C@@H](N)CCSC)cc1. The maximum absolute atomic E-state index is 12.0. The minimum atomic E-state index is -0.427. The number of carbonyl (C=O) groups excluding carboxylic acids is 1. The summed E-state index contributed by atoms with van der Waals surface area (Å²) in [5, 5.41) is 0. The van der Waals surface area contributed by atoms with Crippen molar-refractivity contribution in [2.24, 2.45) is 5.73 Å². The van der Waals surface area contributed by atoms with Crippen molar-refractivity contribution in [3.63, 3.8) is 0 Å². The van der Waals surface area contributed by atoms with E-state index < -0.39 is 6.04 Å². The number of thioether (sulfide) groups is 1. The first kappa shape index (κ1) is 17.7. The molecular weight excluding hydrogens is 288 g/mol. The lowest BCUT2D eigenvalue weighted by atomic mass is 10.2. The van der Waals surface area contributed by atoms with Crippen molar-refractivity contribution in [2.75, 3.05) is 39.3 Å². The highest BCUT2D eigenvalue weighted by Gasteiger charge is 2.17. The largest absolute Gasteiger partial charge is 0.497 e. The molecule has 0 heterocycles. The molecule has 1 amide bonds. The number of carbonyl (C=O) groups is 1. The van der Waals surface area contributed by atoms with Crippen molar-refractivity contribution in [3.05, 3.63) is 24.3 Å². The zero-order valence-electron chi connectivity index (χ0n) is 12.9. The van der Waals surface area contributed by atoms with Gasteiger partial charge in [0.05, 0.1) is 19.7 Å². The molecule has 118 valence electrons. The summed E-state index contributed by atoms with van der Waals surface area (Å²) in [7, 11) is 3.37. The lowest BCUT2D eigenvalue weighted by Crippen LogP contribution is -2.43. The monoisotopic (exact) mass is 312 g/mol. The van der Waals surface area contributed by atoms with Gasteiger partial charge in [-0.25, -0.2) is 0 Å². The molecule has 0 aliphatic heterocycles. The Morgan fingerprint density at radius 2 is 1.95 bits per heavy atom. The van der Waals surface area contributed by atoms with Crippen molar-refractivity contribution in [2.45, 2.75) is 12.5 Å². The lowest BCUT2D eigenvalue weighted by Gasteiger charge is -2.21. The van der Waals surface area contributed by atoms with Crippen molar-refractivity contribution >= 4 is 17.7 Å². The maximum atomic E-state index is 12.0. The summed E-state index contributed by atoms with van der Waals surface area (Å²) < 4.78 is 10.7. The molecule has 6 heteroatoms. The van der Waals surface area contributed by atoms with E-state index in [2.05, 4.69) is 0 Å². The molecule has 1 atom stereocenters. The van der Waals surface area contributed by atoms with Gasteiger partial charge in [0, 0.05) is 7.05 Å². The highest BCUT2D eigenvalue weighted by atomic mass is 32.2. The number of hydrogen-bond donors (Lipinski definition) is 1. The molecule has 5 nitrogen and oxygen atoms in total. The molecule has 0 bridgehead atoms. The fraction of sp³-hybridized carbons (Fsp3) is 0.533. The lowest BCUT2D eigenvalue weighted by molar-refractivity contribution is -0.131. The Balaban J connectivity index is 2.31. The Labute approximate surface area is 130 Å². The fourth-order valence-electron chi connectivity index (χ4n) is 1.73. The molecule has 0 radical (unpaired) electrons. The normalized spacial score (nSPS) is 11.8. The maximum Gasteiger partial charge on any atom is 0.239 e. The summed E-state index contributed by atoms with van der Waals surface area (Å²) in [6.07, 6.45) is 2.70. The average molecular weight is 312 g/mol. The van der Waals surface area contributed by atoms with E-state index in [9.17, 15) is 4.79 Å². The molecule has 0 aliphatic carbocycles. The molecule has 0 aliphatic rings. The Hall–Kier alpha value is -1.40. The van der Waals surface area contributed by atoms with E-state index >= 15 is 0 Å². The Kier molecular flexibility index (Phi) is 8.00. The van der Waals surface area contributed by atoms with E-state index in [4.69, 9.17) is 15.2 Å². The van der Waals surface area contributed by atoms with Gasteiger partial charge in [0.25, 0.3) is 0 Å². The van der Waals surface area contributed by atoms with Crippen LogP contribution in [-0.4, -0.2) is 56.2 Å². The highest BCUT2D eigenvalue weighted by Crippen LogP contribution is 2.16. The predicted octanol–water partition coefficient (Wildman–Crippen LogP) is 1.61. The molecule has 0 unspecified atom stereocenters. The smallest absolute Gasteiger partial charge is 0.239 e. The zero-order chi connectivity index (χ0) is 15.7. The van der Waals surface area contributed by atoms with E-state index in [-0.39, 0.29) is 5.91 Å². The van der Waals surface area contributed by atoms with Gasteiger partial charge in [0.2, 0.25) is 5.91 Å². The van der Waals surface area contributed by atoms with Gasteiger partial charge in [-0.3, -0.25) is 4.79 Å². The quantitative estimate of drug-likeness (QED) is 0.750. The zero-order valence-corrected chi connectivity index (χ0v) is 13.7. The van der Waals surface area contributed by atoms with Crippen LogP contribution in [0.2, 0.25) is 0 Å². The van der Waals surface area contributed by atoms with E-state index in [0.717, 1.165) is 17.3 Å². The van der Waals surface area contributed by atoms with Crippen LogP contribution in [0.25, 0.3) is 0 Å². The number of nitrogens with two attached hydrogens (primary N) is 1. The Morgan fingerprint density at radius 3 is 2.52 bits per heavy atom. The van der Waals surface area contributed by atoms with Crippen molar-refractivity contribution in [1.29, 1.82) is 0 Å². The third-order valence-electron chi connectivity index (χ3n) is 3.08. The number of amides is 1. The summed E-state index contributed by atoms with van der Waals surface area (Å²) in [5.74, 6) is 2.39. The first-order valence-corrected chi connectivity index (χ1v) is 8.24. The highest BCUT2D eigenvalue weighted by molar-refractivity contribution is 7.98. The number of rotatable bonds is 9. The molecule has 1 aromatic rings. The van der Waals surface area contributed by atoms with Crippen LogP contribution < -0.4 is 15.2 Å². The van der Waals surface area contributed by atoms with Crippen LogP contribution in [0.3, 0.4) is 0 Å². The number of methoxy groups -OCH3 is 1. The van der Waals surface area contributed by atoms with Crippen LogP contribution in [0.1, 0.15) is 6.42 Å². The third kappa shape index (κ3) is 6.27. The van der Waals surface area contributed by atoms with Crippen molar-refractivity contribution in [1.82, 2.24) is 4.90 Å². The second-order valence-electron chi connectivity index (χ2n) is 4.67. The van der Waals surface area contributed by atoms with Crippen molar-refractivity contribution in [3.8, 4) is 11.5 Å². The molecule has 2 N–H and O–H groups in total. The van der Waals surface area contributed by atoms with Crippen LogP contribution >= 0.6 is 11.8 Å². The topological polar surface area (TPSA) is 64.8 Å². The summed E-state index contributed by atoms with van der Waals surface area (Å²) in [4.78, 5) is 13.6. The van der Waals surface area contributed by atoms with Crippen LogP contribution in [0.15, 0.2) is 24.3 Å². The number of nitrogens with zero attached hydrogens (tertiary/aromatic N) is 1. The molecular formula is C15H24N2O3S. The van der Waals surface area contributed by atoms with Gasteiger partial charge in [-0.15, -0.1) is 0 Å². The van der Waals surface area contributed by atoms with Gasteiger partial charge in [-0.2, -0.15) is 11.8 Å². The minimum absolute atomic E-state index is 0.0395. The number of benzene rings is 1. The molecule has 21 heavy (non-hydrogen) atoms. The molecule has 1 rings (SSSR count). The summed E-state index contributed by atoms with van der Waals surface area (Å²) in [6, 6.07) is 6.92. The fourth-order valence-corrected chi connectivity index (χ4v) is 2.22. The van der Waals surface area contributed by atoms with Crippen LogP contribution in [0.5, 0.6) is 11.5 Å². The molecule has 1 aromatic carbocycles. The Bertz CT molecular complexity index is 425. The van der Waals surface area contributed by atoms with Gasteiger partial charge < -0.3 is 20.1 Å². The molecule has 0 saturated heterocycles. The summed E-state index contributed by atoms with van der Waals surface area (Å²) >= 11 is 1.69. The average Bonchev–Trinajstić information content (AvgIpc) is 2.52. The molecule has 0 aromatic heterocycles. The molecule has 0 spiro atoms. The van der Waals surface area contributed by atoms with Crippen molar-refractivity contribution < 1.29 is 14.3 Å². The van der Waals surface area contributed by atoms with Crippen LogP contribution in [0, 0.1) is 0 Å². The van der Waals surface area contributed by atoms with Crippen LogP contribution in [-0.2, 0) is 4.79 Å². The standard InChI is InChI=1S/C15H24N2O3S/c1-17(15(18)14(16)8-11-21-3)9-10-20-13-6-4-12(19-2)5-7-13/h4-7,14H,8-11,16H2,1-3H3/t14-/m0/s1. The molecule has 0 saturated carbocycles.